The first-order valence-electron chi connectivity index (χ1n) is 9.13. The van der Waals surface area contributed by atoms with Crippen LogP contribution in [0, 0.1) is 6.92 Å². The summed E-state index contributed by atoms with van der Waals surface area (Å²) >= 11 is 1.37. The number of thiazole rings is 1. The highest BCUT2D eigenvalue weighted by Gasteiger charge is 2.19. The van der Waals surface area contributed by atoms with Crippen molar-refractivity contribution < 1.29 is 4.79 Å². The van der Waals surface area contributed by atoms with Gasteiger partial charge in [-0.15, -0.1) is 11.3 Å². The van der Waals surface area contributed by atoms with Crippen molar-refractivity contribution >= 4 is 28.9 Å². The number of aliphatic imine (C=N–C) groups is 1. The summed E-state index contributed by atoms with van der Waals surface area (Å²) in [5.41, 5.74) is 3.73. The molecule has 1 aromatic heterocycles. The summed E-state index contributed by atoms with van der Waals surface area (Å²) in [5, 5.41) is 6.26. The number of benzene rings is 1. The Hall–Kier alpha value is -2.61. The van der Waals surface area contributed by atoms with Crippen molar-refractivity contribution in [2.45, 2.75) is 6.92 Å². The third kappa shape index (κ3) is 4.97. The monoisotopic (exact) mass is 386 g/mol. The third-order valence-electron chi connectivity index (χ3n) is 4.56. The van der Waals surface area contributed by atoms with Gasteiger partial charge in [0.1, 0.15) is 4.88 Å². The summed E-state index contributed by atoms with van der Waals surface area (Å²) in [6, 6.07) is 10.5. The van der Waals surface area contributed by atoms with Crippen LogP contribution in [-0.4, -0.2) is 68.1 Å². The Balaban J connectivity index is 1.41. The Morgan fingerprint density at radius 2 is 1.85 bits per heavy atom. The second-order valence-corrected chi connectivity index (χ2v) is 7.16. The van der Waals surface area contributed by atoms with Crippen LogP contribution in [0.4, 0.5) is 5.69 Å². The predicted molar refractivity (Wildman–Crippen MR) is 111 cm³/mol. The van der Waals surface area contributed by atoms with Gasteiger partial charge >= 0.3 is 0 Å². The molecule has 1 saturated heterocycles. The van der Waals surface area contributed by atoms with E-state index in [-0.39, 0.29) is 5.91 Å². The Kier molecular flexibility index (Phi) is 6.64. The average Bonchev–Trinajstić information content (AvgIpc) is 3.15. The molecule has 0 atom stereocenters. The maximum absolute atomic E-state index is 12.1. The summed E-state index contributed by atoms with van der Waals surface area (Å²) in [5.74, 6) is 0.814. The molecule has 0 unspecified atom stereocenters. The van der Waals surface area contributed by atoms with Gasteiger partial charge in [-0.25, -0.2) is 4.98 Å². The van der Waals surface area contributed by atoms with Crippen LogP contribution in [0.5, 0.6) is 0 Å². The van der Waals surface area contributed by atoms with E-state index in [2.05, 4.69) is 54.7 Å². The van der Waals surface area contributed by atoms with E-state index in [9.17, 15) is 4.79 Å². The standard InChI is InChI=1S/C19H26N6OS/c1-15-17(27-14-23-15)18(26)21-8-9-22-19(20-2)25-12-10-24(11-13-25)16-6-4-3-5-7-16/h3-7,14H,8-13H2,1-2H3,(H,20,22)(H,21,26). The van der Waals surface area contributed by atoms with Gasteiger partial charge in [-0.1, -0.05) is 18.2 Å². The van der Waals surface area contributed by atoms with Gasteiger partial charge in [0.2, 0.25) is 0 Å². The van der Waals surface area contributed by atoms with Gasteiger partial charge in [0, 0.05) is 52.0 Å². The molecule has 27 heavy (non-hydrogen) atoms. The predicted octanol–water partition coefficient (Wildman–Crippen LogP) is 1.58. The quantitative estimate of drug-likeness (QED) is 0.464. The first kappa shape index (κ1) is 19.2. The van der Waals surface area contributed by atoms with E-state index >= 15 is 0 Å². The molecule has 1 aromatic carbocycles. The SMILES string of the molecule is CN=C(NCCNC(=O)c1scnc1C)N1CCN(c2ccccc2)CC1. The summed E-state index contributed by atoms with van der Waals surface area (Å²) < 4.78 is 0. The number of piperazine rings is 1. The summed E-state index contributed by atoms with van der Waals surface area (Å²) in [7, 11) is 1.80. The van der Waals surface area contributed by atoms with E-state index in [1.165, 1.54) is 17.0 Å². The minimum absolute atomic E-state index is 0.0664. The highest BCUT2D eigenvalue weighted by Crippen LogP contribution is 2.15. The molecule has 0 bridgehead atoms. The number of hydrogen-bond acceptors (Lipinski definition) is 5. The van der Waals surface area contributed by atoms with Crippen molar-refractivity contribution in [1.29, 1.82) is 0 Å². The molecule has 0 aliphatic carbocycles. The fourth-order valence-corrected chi connectivity index (χ4v) is 3.82. The van der Waals surface area contributed by atoms with Crippen LogP contribution in [0.1, 0.15) is 15.4 Å². The largest absolute Gasteiger partial charge is 0.368 e. The van der Waals surface area contributed by atoms with E-state index < -0.39 is 0 Å². The summed E-state index contributed by atoms with van der Waals surface area (Å²) in [4.78, 5) is 25.9. The van der Waals surface area contributed by atoms with Gasteiger partial charge in [-0.2, -0.15) is 0 Å². The lowest BCUT2D eigenvalue weighted by Crippen LogP contribution is -2.53. The van der Waals surface area contributed by atoms with Gasteiger partial charge < -0.3 is 20.4 Å². The lowest BCUT2D eigenvalue weighted by Gasteiger charge is -2.37. The molecule has 0 radical (unpaired) electrons. The molecule has 2 heterocycles. The highest BCUT2D eigenvalue weighted by atomic mass is 32.1. The molecule has 2 N–H and O–H groups in total. The Labute approximate surface area is 164 Å². The topological polar surface area (TPSA) is 72.9 Å². The zero-order valence-corrected chi connectivity index (χ0v) is 16.6. The number of aryl methyl sites for hydroxylation is 1. The number of carbonyl (C=O) groups is 1. The van der Waals surface area contributed by atoms with Crippen LogP contribution in [0.2, 0.25) is 0 Å². The zero-order valence-electron chi connectivity index (χ0n) is 15.8. The molecule has 7 nitrogen and oxygen atoms in total. The molecule has 3 rings (SSSR count). The minimum atomic E-state index is -0.0664. The number of rotatable bonds is 5. The van der Waals surface area contributed by atoms with E-state index in [1.807, 2.05) is 13.0 Å². The van der Waals surface area contributed by atoms with Crippen LogP contribution < -0.4 is 15.5 Å². The number of nitrogens with one attached hydrogen (secondary N) is 2. The third-order valence-corrected chi connectivity index (χ3v) is 5.49. The van der Waals surface area contributed by atoms with Crippen molar-refractivity contribution in [2.24, 2.45) is 4.99 Å². The molecule has 2 aromatic rings. The van der Waals surface area contributed by atoms with Gasteiger partial charge in [-0.3, -0.25) is 9.79 Å². The van der Waals surface area contributed by atoms with Crippen molar-refractivity contribution in [2.75, 3.05) is 51.2 Å². The molecule has 1 fully saturated rings. The fourth-order valence-electron chi connectivity index (χ4n) is 3.10. The van der Waals surface area contributed by atoms with Crippen LogP contribution in [0.15, 0.2) is 40.8 Å². The maximum atomic E-state index is 12.1. The van der Waals surface area contributed by atoms with Gasteiger partial charge in [0.15, 0.2) is 5.96 Å². The molecular weight excluding hydrogens is 360 g/mol. The minimum Gasteiger partial charge on any atom is -0.368 e. The van der Waals surface area contributed by atoms with E-state index in [0.717, 1.165) is 37.8 Å². The van der Waals surface area contributed by atoms with Crippen LogP contribution in [0.3, 0.4) is 0 Å². The number of anilines is 1. The van der Waals surface area contributed by atoms with Gasteiger partial charge in [-0.05, 0) is 19.1 Å². The molecule has 1 amide bonds. The van der Waals surface area contributed by atoms with E-state index in [4.69, 9.17) is 0 Å². The van der Waals surface area contributed by atoms with E-state index in [0.29, 0.717) is 18.0 Å². The number of carbonyl (C=O) groups excluding carboxylic acids is 1. The Bertz CT molecular complexity index is 768. The average molecular weight is 387 g/mol. The first-order chi connectivity index (χ1) is 13.2. The van der Waals surface area contributed by atoms with Gasteiger partial charge in [0.05, 0.1) is 11.2 Å². The van der Waals surface area contributed by atoms with Crippen molar-refractivity contribution in [3.63, 3.8) is 0 Å². The Morgan fingerprint density at radius 3 is 2.48 bits per heavy atom. The molecular formula is C19H26N6OS. The molecule has 0 saturated carbocycles. The highest BCUT2D eigenvalue weighted by molar-refractivity contribution is 7.11. The van der Waals surface area contributed by atoms with Crippen LogP contribution >= 0.6 is 11.3 Å². The first-order valence-corrected chi connectivity index (χ1v) is 10.0. The van der Waals surface area contributed by atoms with Crippen LogP contribution in [-0.2, 0) is 0 Å². The molecule has 144 valence electrons. The lowest BCUT2D eigenvalue weighted by molar-refractivity contribution is 0.0957. The number of aromatic nitrogens is 1. The lowest BCUT2D eigenvalue weighted by atomic mass is 10.2. The molecule has 1 aliphatic heterocycles. The summed E-state index contributed by atoms with van der Waals surface area (Å²) in [6.45, 7) is 6.79. The summed E-state index contributed by atoms with van der Waals surface area (Å²) in [6.07, 6.45) is 0. The number of nitrogens with zero attached hydrogens (tertiary/aromatic N) is 4. The van der Waals surface area contributed by atoms with Crippen molar-refractivity contribution in [3.8, 4) is 0 Å². The van der Waals surface area contributed by atoms with Crippen LogP contribution in [0.25, 0.3) is 0 Å². The number of guanidine groups is 1. The Morgan fingerprint density at radius 1 is 1.15 bits per heavy atom. The molecule has 0 spiro atoms. The molecule has 1 aliphatic rings. The normalized spacial score (nSPS) is 15.0. The second-order valence-electron chi connectivity index (χ2n) is 6.31. The number of para-hydroxylation sites is 1. The fraction of sp³-hybridized carbons (Fsp3) is 0.421. The van der Waals surface area contributed by atoms with Gasteiger partial charge in [0.25, 0.3) is 5.91 Å². The number of hydrogen-bond donors (Lipinski definition) is 2. The van der Waals surface area contributed by atoms with E-state index in [1.54, 1.807) is 12.6 Å². The maximum Gasteiger partial charge on any atom is 0.263 e. The number of amides is 1. The molecule has 8 heteroatoms. The van der Waals surface area contributed by atoms with Crippen molar-refractivity contribution in [3.05, 3.63) is 46.4 Å². The second kappa shape index (κ2) is 9.36. The smallest absolute Gasteiger partial charge is 0.263 e. The van der Waals surface area contributed by atoms with Crippen molar-refractivity contribution in [1.82, 2.24) is 20.5 Å². The zero-order chi connectivity index (χ0) is 19.1.